The van der Waals surface area contributed by atoms with E-state index in [1.165, 1.54) is 11.8 Å². The van der Waals surface area contributed by atoms with Crippen LogP contribution in [0.5, 0.6) is 0 Å². The van der Waals surface area contributed by atoms with Gasteiger partial charge in [-0.05, 0) is 63.2 Å². The molecule has 0 amide bonds. The maximum atomic E-state index is 4.97. The molecule has 0 aromatic heterocycles. The van der Waals surface area contributed by atoms with Crippen LogP contribution in [-0.2, 0) is 29.4 Å². The van der Waals surface area contributed by atoms with Gasteiger partial charge in [0.25, 0.3) is 0 Å². The van der Waals surface area contributed by atoms with Crippen LogP contribution in [0.4, 0.5) is 0 Å². The molecule has 0 spiro atoms. The van der Waals surface area contributed by atoms with Gasteiger partial charge < -0.3 is 0 Å². The Bertz CT molecular complexity index is 156. The molecule has 2 rings (SSSR count). The Morgan fingerprint density at radius 1 is 0.500 bits per heavy atom. The first-order valence-electron chi connectivity index (χ1n) is 4.54. The molecule has 8 heteroatoms. The zero-order valence-electron chi connectivity index (χ0n) is 8.89. The molecule has 0 aromatic carbocycles. The molecular formula is C10H8Cl6Ti2. The van der Waals surface area contributed by atoms with Crippen molar-refractivity contribution in [3.8, 4) is 0 Å². The van der Waals surface area contributed by atoms with Crippen molar-refractivity contribution in [2.45, 2.75) is 0 Å². The SMILES string of the molecule is [CH]1[CH][CH][C]([C]2[CH][CH][CH][CH]2)[CH]1.[Cl][Ti]([Cl])[Cl].[Cl][Ti]([Cl])[Cl]. The fourth-order valence-corrected chi connectivity index (χ4v) is 1.13. The monoisotopic (exact) mass is 434 g/mol. The van der Waals surface area contributed by atoms with Crippen LogP contribution in [0.2, 0.25) is 0 Å². The second-order valence-corrected chi connectivity index (χ2v) is 18.3. The summed E-state index contributed by atoms with van der Waals surface area (Å²) in [5, 5.41) is 0. The van der Waals surface area contributed by atoms with Crippen molar-refractivity contribution in [1.82, 2.24) is 0 Å². The molecule has 0 aromatic rings. The van der Waals surface area contributed by atoms with Gasteiger partial charge in [0.15, 0.2) is 0 Å². The van der Waals surface area contributed by atoms with Crippen LogP contribution >= 0.6 is 55.8 Å². The van der Waals surface area contributed by atoms with Crippen LogP contribution in [0, 0.1) is 63.2 Å². The predicted octanol–water partition coefficient (Wildman–Crippen LogP) is 5.93. The van der Waals surface area contributed by atoms with Crippen LogP contribution in [-0.4, -0.2) is 0 Å². The third kappa shape index (κ3) is 14.1. The Morgan fingerprint density at radius 2 is 0.667 bits per heavy atom. The molecule has 0 heterocycles. The Balaban J connectivity index is 0.000000307. The Labute approximate surface area is 146 Å². The van der Waals surface area contributed by atoms with E-state index in [1.54, 1.807) is 0 Å². The van der Waals surface area contributed by atoms with Gasteiger partial charge >= 0.3 is 85.2 Å². The molecular weight excluding hydrogens is 429 g/mol. The van der Waals surface area contributed by atoms with Gasteiger partial charge in [-0.15, -0.1) is 0 Å². The van der Waals surface area contributed by atoms with E-state index in [1.807, 2.05) is 0 Å². The molecule has 0 aliphatic heterocycles. The van der Waals surface area contributed by atoms with Gasteiger partial charge in [-0.3, -0.25) is 0 Å². The molecule has 0 N–H and O–H groups in total. The first-order valence-corrected chi connectivity index (χ1v) is 17.4. The van der Waals surface area contributed by atoms with Crippen molar-refractivity contribution in [2.24, 2.45) is 0 Å². The first kappa shape index (κ1) is 21.2. The summed E-state index contributed by atoms with van der Waals surface area (Å²) in [7, 11) is 29.8. The number of hydrogen-bond donors (Lipinski definition) is 0. The minimum atomic E-state index is -1.92. The predicted molar refractivity (Wildman–Crippen MR) is 76.0 cm³/mol. The van der Waals surface area contributed by atoms with E-state index in [-0.39, 0.29) is 0 Å². The maximum absolute atomic E-state index is 4.97. The van der Waals surface area contributed by atoms with E-state index in [4.69, 9.17) is 55.8 Å². The standard InChI is InChI=1S/C10H8.6ClH.2Ti/c1-2-6-9(5-1)10-7-3-4-8-10;;;;;;;;/h1-8H;6*1H;;/q;;;;;;;2*+3/p-6. The Morgan fingerprint density at radius 3 is 0.833 bits per heavy atom. The Kier molecular flexibility index (Phi) is 16.2. The van der Waals surface area contributed by atoms with E-state index in [9.17, 15) is 0 Å². The van der Waals surface area contributed by atoms with Crippen LogP contribution in [0.3, 0.4) is 0 Å². The fraction of sp³-hybridized carbons (Fsp3) is 0. The average Bonchev–Trinajstić information content (AvgIpc) is 2.89. The molecule has 10 radical (unpaired) electrons. The molecule has 2 aliphatic rings. The molecule has 0 nitrogen and oxygen atoms in total. The van der Waals surface area contributed by atoms with E-state index in [0.29, 0.717) is 0 Å². The normalized spacial score (nSPS) is 19.7. The van der Waals surface area contributed by atoms with Crippen molar-refractivity contribution in [1.29, 1.82) is 0 Å². The number of hydrogen-bond acceptors (Lipinski definition) is 0. The van der Waals surface area contributed by atoms with Gasteiger partial charge in [0, 0.05) is 0 Å². The van der Waals surface area contributed by atoms with Gasteiger partial charge in [-0.25, -0.2) is 0 Å². The summed E-state index contributed by atoms with van der Waals surface area (Å²) in [5.41, 5.74) is 0. The van der Waals surface area contributed by atoms with E-state index < -0.39 is 29.4 Å². The topological polar surface area (TPSA) is 0 Å². The van der Waals surface area contributed by atoms with E-state index in [0.717, 1.165) is 0 Å². The van der Waals surface area contributed by atoms with Crippen molar-refractivity contribution in [3.63, 3.8) is 0 Å². The van der Waals surface area contributed by atoms with E-state index in [2.05, 4.69) is 51.4 Å². The number of halogens is 6. The Hall–Kier alpha value is 3.17. The summed E-state index contributed by atoms with van der Waals surface area (Å²) in [4.78, 5) is 0. The second-order valence-electron chi connectivity index (χ2n) is 2.78. The molecule has 2 fully saturated rings. The zero-order valence-corrected chi connectivity index (χ0v) is 16.5. The van der Waals surface area contributed by atoms with Gasteiger partial charge in [0.1, 0.15) is 0 Å². The van der Waals surface area contributed by atoms with Gasteiger partial charge in [-0.1, -0.05) is 0 Å². The van der Waals surface area contributed by atoms with E-state index >= 15 is 0 Å². The van der Waals surface area contributed by atoms with Crippen LogP contribution in [0.25, 0.3) is 0 Å². The summed E-state index contributed by atoms with van der Waals surface area (Å²) in [6.07, 6.45) is 16.7. The van der Waals surface area contributed by atoms with Crippen molar-refractivity contribution < 1.29 is 29.4 Å². The van der Waals surface area contributed by atoms with Gasteiger partial charge in [-0.2, -0.15) is 0 Å². The summed E-state index contributed by atoms with van der Waals surface area (Å²) in [5.74, 6) is 2.62. The third-order valence-electron chi connectivity index (χ3n) is 1.66. The van der Waals surface area contributed by atoms with Crippen LogP contribution in [0.15, 0.2) is 0 Å². The quantitative estimate of drug-likeness (QED) is 0.447. The average molecular weight is 437 g/mol. The molecule has 0 atom stereocenters. The molecule has 18 heavy (non-hydrogen) atoms. The van der Waals surface area contributed by atoms with Crippen molar-refractivity contribution in [2.75, 3.05) is 0 Å². The first-order chi connectivity index (χ1) is 8.43. The van der Waals surface area contributed by atoms with Crippen LogP contribution in [0.1, 0.15) is 0 Å². The summed E-state index contributed by atoms with van der Waals surface area (Å²) in [6, 6.07) is 0. The molecule has 98 valence electrons. The molecule has 2 aliphatic carbocycles. The number of rotatable bonds is 1. The zero-order chi connectivity index (χ0) is 14.0. The van der Waals surface area contributed by atoms with Gasteiger partial charge in [0.2, 0.25) is 0 Å². The van der Waals surface area contributed by atoms with Crippen molar-refractivity contribution in [3.05, 3.63) is 63.2 Å². The fourth-order valence-electron chi connectivity index (χ4n) is 1.13. The summed E-state index contributed by atoms with van der Waals surface area (Å²) < 4.78 is 0. The molecule has 0 unspecified atom stereocenters. The van der Waals surface area contributed by atoms with Gasteiger partial charge in [0.05, 0.1) is 0 Å². The van der Waals surface area contributed by atoms with Crippen molar-refractivity contribution >= 4 is 55.8 Å². The molecule has 2 saturated carbocycles. The van der Waals surface area contributed by atoms with Crippen LogP contribution < -0.4 is 0 Å². The minimum absolute atomic E-state index is 1.31. The molecule has 0 saturated heterocycles. The molecule has 0 bridgehead atoms. The third-order valence-corrected chi connectivity index (χ3v) is 1.66. The summed E-state index contributed by atoms with van der Waals surface area (Å²) >= 11 is -3.83. The summed E-state index contributed by atoms with van der Waals surface area (Å²) in [6.45, 7) is 0. The second kappa shape index (κ2) is 13.8.